The molecule has 0 saturated carbocycles. The number of rotatable bonds is 8. The molecule has 1 amide bonds. The quantitative estimate of drug-likeness (QED) is 0.193. The monoisotopic (exact) mass is 647 g/mol. The molecule has 238 valence electrons. The number of carbonyl (C=O) groups excluding carboxylic acids is 2. The van der Waals surface area contributed by atoms with E-state index in [2.05, 4.69) is 22.4 Å². The molecule has 0 bridgehead atoms. The number of hydrogen-bond donors (Lipinski definition) is 1. The third-order valence-electron chi connectivity index (χ3n) is 8.80. The fraction of sp³-hybridized carbons (Fsp3) is 0.278. The van der Waals surface area contributed by atoms with Crippen LogP contribution in [0, 0.1) is 17.2 Å². The fourth-order valence-electron chi connectivity index (χ4n) is 6.43. The number of amides is 1. The summed E-state index contributed by atoms with van der Waals surface area (Å²) in [5.74, 6) is 1.05. The zero-order chi connectivity index (χ0) is 32.9. The predicted octanol–water partition coefficient (Wildman–Crippen LogP) is 5.59. The van der Waals surface area contributed by atoms with Gasteiger partial charge in [0, 0.05) is 68.9 Å². The number of fused-ring (bicyclic) bond motifs is 7. The molecule has 0 radical (unpaired) electrons. The maximum atomic E-state index is 13.5. The molecule has 47 heavy (non-hydrogen) atoms. The van der Waals surface area contributed by atoms with Crippen molar-refractivity contribution in [3.63, 3.8) is 0 Å². The van der Waals surface area contributed by atoms with E-state index in [-0.39, 0.29) is 11.8 Å². The summed E-state index contributed by atoms with van der Waals surface area (Å²) >= 11 is 1.32. The largest absolute Gasteiger partial charge is 0.493 e. The smallest absolute Gasteiger partial charge is 0.339 e. The molecular weight excluding hydrogens is 614 g/mol. The molecule has 2 atom stereocenters. The molecule has 3 aromatic carbocycles. The Morgan fingerprint density at radius 2 is 1.96 bits per heavy atom. The highest BCUT2D eigenvalue weighted by Crippen LogP contribution is 2.58. The van der Waals surface area contributed by atoms with E-state index in [1.807, 2.05) is 80.5 Å². The van der Waals surface area contributed by atoms with Crippen LogP contribution in [0.15, 0.2) is 78.2 Å². The third-order valence-corrected chi connectivity index (χ3v) is 9.72. The fourth-order valence-corrected chi connectivity index (χ4v) is 7.22. The molecule has 3 heterocycles. The molecule has 1 N–H and O–H groups in total. The van der Waals surface area contributed by atoms with Crippen molar-refractivity contribution in [2.75, 3.05) is 46.2 Å². The number of esters is 1. The maximum absolute atomic E-state index is 13.5. The van der Waals surface area contributed by atoms with Crippen molar-refractivity contribution in [3.8, 4) is 17.6 Å². The number of aromatic nitrogens is 1. The van der Waals surface area contributed by atoms with E-state index in [9.17, 15) is 9.59 Å². The first-order chi connectivity index (χ1) is 22.7. The summed E-state index contributed by atoms with van der Waals surface area (Å²) in [6.07, 6.45) is 5.31. The van der Waals surface area contributed by atoms with E-state index in [4.69, 9.17) is 19.5 Å². The number of allylic oxidation sites excluding steroid dienone is 2. The van der Waals surface area contributed by atoms with Crippen LogP contribution >= 0.6 is 11.3 Å². The van der Waals surface area contributed by atoms with E-state index < -0.39 is 11.6 Å². The van der Waals surface area contributed by atoms with Gasteiger partial charge in [0.2, 0.25) is 0 Å². The number of nitriles is 1. The zero-order valence-corrected chi connectivity index (χ0v) is 27.3. The first-order valence-corrected chi connectivity index (χ1v) is 16.2. The predicted molar refractivity (Wildman–Crippen MR) is 179 cm³/mol. The number of carbonyl (C=O) groups is 2. The molecule has 2 aliphatic heterocycles. The minimum absolute atomic E-state index is 0.248. The van der Waals surface area contributed by atoms with E-state index in [1.54, 1.807) is 18.2 Å². The summed E-state index contributed by atoms with van der Waals surface area (Å²) in [5, 5.41) is 12.5. The van der Waals surface area contributed by atoms with Gasteiger partial charge in [-0.05, 0) is 67.4 Å². The van der Waals surface area contributed by atoms with Crippen LogP contribution in [0.25, 0.3) is 10.2 Å². The van der Waals surface area contributed by atoms with E-state index in [1.165, 1.54) is 11.3 Å². The highest BCUT2D eigenvalue weighted by molar-refractivity contribution is 7.19. The van der Waals surface area contributed by atoms with Gasteiger partial charge in [0.15, 0.2) is 10.6 Å². The Bertz CT molecular complexity index is 2040. The van der Waals surface area contributed by atoms with Crippen LogP contribution in [0.1, 0.15) is 49.7 Å². The van der Waals surface area contributed by atoms with Gasteiger partial charge >= 0.3 is 5.97 Å². The Labute approximate surface area is 276 Å². The Morgan fingerprint density at radius 1 is 1.11 bits per heavy atom. The van der Waals surface area contributed by atoms with Crippen LogP contribution in [0.4, 0.5) is 5.69 Å². The Kier molecular flexibility index (Phi) is 7.60. The first kappa shape index (κ1) is 30.3. The maximum Gasteiger partial charge on any atom is 0.339 e. The topological polar surface area (TPSA) is 117 Å². The van der Waals surface area contributed by atoms with Gasteiger partial charge in [0.25, 0.3) is 5.91 Å². The number of anilines is 1. The van der Waals surface area contributed by atoms with Crippen molar-refractivity contribution >= 4 is 39.1 Å². The van der Waals surface area contributed by atoms with Gasteiger partial charge in [-0.15, -0.1) is 11.3 Å². The highest BCUT2D eigenvalue weighted by atomic mass is 32.1. The number of nitrogens with one attached hydrogen (secondary N) is 1. The molecule has 10 nitrogen and oxygen atoms in total. The normalized spacial score (nSPS) is 19.0. The molecular formula is C36H33N5O5S. The van der Waals surface area contributed by atoms with E-state index >= 15 is 0 Å². The average Bonchev–Trinajstić information content (AvgIpc) is 3.62. The molecule has 11 heteroatoms. The summed E-state index contributed by atoms with van der Waals surface area (Å²) < 4.78 is 19.7. The minimum atomic E-state index is -1.15. The SMILES string of the molecule is CN(C)C1=CCC2C(=C1)Oc1cc(N(C)C)ccc1C21OC(=O)c2ccc(C(=O)NCCCOc3ccc4nc(C#N)sc4c3)cc21. The van der Waals surface area contributed by atoms with Crippen LogP contribution in [-0.2, 0) is 10.3 Å². The van der Waals surface area contributed by atoms with Crippen LogP contribution < -0.4 is 19.7 Å². The van der Waals surface area contributed by atoms with Crippen molar-refractivity contribution in [1.82, 2.24) is 15.2 Å². The lowest BCUT2D eigenvalue weighted by Crippen LogP contribution is -2.43. The first-order valence-electron chi connectivity index (χ1n) is 15.4. The molecule has 0 fully saturated rings. The lowest BCUT2D eigenvalue weighted by atomic mass is 9.70. The standard InChI is InChI=1S/C36H33N5O5S/c1-40(2)22-7-11-26-30(17-22)45-31-18-23(41(3)4)8-12-27(31)36(26)28-16-21(6-10-25(28)35(43)46-36)34(42)38-14-5-15-44-24-9-13-29-32(19-24)47-33(20-37)39-29/h6-11,13,16-19,27H,5,12,14-15H2,1-4H3,(H,38,42). The zero-order valence-electron chi connectivity index (χ0n) is 26.5. The summed E-state index contributed by atoms with van der Waals surface area (Å²) in [7, 11) is 7.89. The van der Waals surface area contributed by atoms with Gasteiger partial charge in [-0.1, -0.05) is 6.08 Å². The number of thiazole rings is 1. The number of likely N-dealkylation sites (N-methyl/N-ethyl adjacent to an activating group) is 1. The molecule has 7 rings (SSSR count). The molecule has 2 unspecified atom stereocenters. The highest BCUT2D eigenvalue weighted by Gasteiger charge is 2.58. The molecule has 1 spiro atoms. The van der Waals surface area contributed by atoms with Gasteiger partial charge in [0.05, 0.1) is 28.3 Å². The summed E-state index contributed by atoms with van der Waals surface area (Å²) in [4.78, 5) is 35.1. The van der Waals surface area contributed by atoms with Gasteiger partial charge in [0.1, 0.15) is 23.3 Å². The number of hydrogen-bond acceptors (Lipinski definition) is 10. The van der Waals surface area contributed by atoms with Crippen molar-refractivity contribution in [3.05, 3.63) is 105 Å². The number of ether oxygens (including phenoxy) is 3. The van der Waals surface area contributed by atoms with Crippen molar-refractivity contribution in [1.29, 1.82) is 5.26 Å². The lowest BCUT2D eigenvalue weighted by molar-refractivity contribution is -0.0251. The van der Waals surface area contributed by atoms with Crippen molar-refractivity contribution in [2.45, 2.75) is 18.4 Å². The Hall–Kier alpha value is -5.34. The van der Waals surface area contributed by atoms with Gasteiger partial charge in [-0.2, -0.15) is 5.26 Å². The molecule has 1 aliphatic carbocycles. The second-order valence-corrected chi connectivity index (χ2v) is 13.2. The Balaban J connectivity index is 1.12. The van der Waals surface area contributed by atoms with Crippen molar-refractivity contribution in [2.24, 2.45) is 5.92 Å². The van der Waals surface area contributed by atoms with Crippen LogP contribution in [0.5, 0.6) is 11.5 Å². The molecule has 1 aromatic heterocycles. The number of nitrogens with zero attached hydrogens (tertiary/aromatic N) is 4. The number of benzene rings is 3. The van der Waals surface area contributed by atoms with Crippen LogP contribution in [-0.4, -0.2) is 63.1 Å². The van der Waals surface area contributed by atoms with E-state index in [0.29, 0.717) is 59.2 Å². The van der Waals surface area contributed by atoms with Gasteiger partial charge in [-0.3, -0.25) is 4.79 Å². The van der Waals surface area contributed by atoms with Gasteiger partial charge < -0.3 is 29.3 Å². The third kappa shape index (κ3) is 5.24. The van der Waals surface area contributed by atoms with Gasteiger partial charge in [-0.25, -0.2) is 9.78 Å². The Morgan fingerprint density at radius 3 is 2.74 bits per heavy atom. The summed E-state index contributed by atoms with van der Waals surface area (Å²) in [5.41, 5.74) is 3.89. The van der Waals surface area contributed by atoms with E-state index in [0.717, 1.165) is 32.9 Å². The molecule has 0 saturated heterocycles. The lowest BCUT2D eigenvalue weighted by Gasteiger charge is -2.44. The second-order valence-electron chi connectivity index (χ2n) is 12.1. The summed E-state index contributed by atoms with van der Waals surface area (Å²) in [6.45, 7) is 0.797. The molecule has 3 aliphatic rings. The van der Waals surface area contributed by atoms with Crippen LogP contribution in [0.2, 0.25) is 0 Å². The molecule has 4 aromatic rings. The van der Waals surface area contributed by atoms with Crippen LogP contribution in [0.3, 0.4) is 0 Å². The summed E-state index contributed by atoms with van der Waals surface area (Å²) in [6, 6.07) is 18.7. The minimum Gasteiger partial charge on any atom is -0.493 e. The van der Waals surface area contributed by atoms with Crippen molar-refractivity contribution < 1.29 is 23.8 Å². The second kappa shape index (κ2) is 11.8. The average molecular weight is 648 g/mol.